The third-order valence-corrected chi connectivity index (χ3v) is 4.15. The largest absolute Gasteiger partial charge is 0.358 e. The smallest absolute Gasteiger partial charge is 0.247 e. The second-order valence-corrected chi connectivity index (χ2v) is 6.70. The molecular formula is C22H24N4O. The van der Waals surface area contributed by atoms with Crippen molar-refractivity contribution in [2.24, 2.45) is 0 Å². The van der Waals surface area contributed by atoms with Crippen molar-refractivity contribution < 1.29 is 4.79 Å². The topological polar surface area (TPSA) is 66.9 Å². The van der Waals surface area contributed by atoms with Gasteiger partial charge in [0.25, 0.3) is 0 Å². The van der Waals surface area contributed by atoms with Crippen LogP contribution in [0.4, 0.5) is 11.5 Å². The first-order valence-electron chi connectivity index (χ1n) is 9.11. The summed E-state index contributed by atoms with van der Waals surface area (Å²) < 4.78 is 0. The van der Waals surface area contributed by atoms with Crippen LogP contribution in [0.5, 0.6) is 0 Å². The lowest BCUT2D eigenvalue weighted by molar-refractivity contribution is -0.116. The zero-order valence-corrected chi connectivity index (χ0v) is 15.6. The molecule has 5 heteroatoms. The number of nitrogens with zero attached hydrogens (tertiary/aromatic N) is 2. The van der Waals surface area contributed by atoms with Crippen molar-refractivity contribution >= 4 is 17.4 Å². The lowest BCUT2D eigenvalue weighted by atomic mass is 10.0. The maximum Gasteiger partial charge on any atom is 0.247 e. The Morgan fingerprint density at radius 1 is 0.963 bits per heavy atom. The number of carbonyl (C=O) groups excluding carboxylic acids is 1. The van der Waals surface area contributed by atoms with Gasteiger partial charge < -0.3 is 10.6 Å². The number of benzene rings is 2. The minimum Gasteiger partial charge on any atom is -0.358 e. The third-order valence-electron chi connectivity index (χ3n) is 4.15. The summed E-state index contributed by atoms with van der Waals surface area (Å²) in [5.74, 6) is 1.52. The predicted octanol–water partition coefficient (Wildman–Crippen LogP) is 4.26. The molecule has 1 amide bonds. The van der Waals surface area contributed by atoms with E-state index in [1.807, 2.05) is 74.5 Å². The van der Waals surface area contributed by atoms with Crippen LogP contribution in [0, 0.1) is 0 Å². The van der Waals surface area contributed by atoms with Crippen LogP contribution < -0.4 is 10.6 Å². The van der Waals surface area contributed by atoms with Gasteiger partial charge >= 0.3 is 0 Å². The predicted molar refractivity (Wildman–Crippen MR) is 109 cm³/mol. The van der Waals surface area contributed by atoms with Crippen LogP contribution in [0.15, 0.2) is 72.9 Å². The second-order valence-electron chi connectivity index (χ2n) is 6.70. The van der Waals surface area contributed by atoms with Crippen molar-refractivity contribution in [1.29, 1.82) is 0 Å². The van der Waals surface area contributed by atoms with Crippen LogP contribution in [0.1, 0.15) is 31.2 Å². The van der Waals surface area contributed by atoms with E-state index >= 15 is 0 Å². The average molecular weight is 360 g/mol. The van der Waals surface area contributed by atoms with E-state index in [1.54, 1.807) is 12.3 Å². The van der Waals surface area contributed by atoms with Crippen molar-refractivity contribution in [3.05, 3.63) is 84.3 Å². The molecule has 27 heavy (non-hydrogen) atoms. The number of aromatic nitrogens is 2. The maximum atomic E-state index is 12.9. The van der Waals surface area contributed by atoms with Crippen molar-refractivity contribution in [2.45, 2.75) is 32.2 Å². The van der Waals surface area contributed by atoms with Crippen LogP contribution in [0.25, 0.3) is 0 Å². The Morgan fingerprint density at radius 2 is 1.63 bits per heavy atom. The summed E-state index contributed by atoms with van der Waals surface area (Å²) in [7, 11) is 0. The number of rotatable bonds is 7. The summed E-state index contributed by atoms with van der Waals surface area (Å²) in [5.41, 5.74) is 1.85. The zero-order valence-electron chi connectivity index (χ0n) is 15.6. The molecule has 2 aromatic carbocycles. The number of carbonyl (C=O) groups is 1. The molecule has 0 aliphatic heterocycles. The van der Waals surface area contributed by atoms with E-state index in [0.29, 0.717) is 12.2 Å². The summed E-state index contributed by atoms with van der Waals surface area (Å²) in [6.45, 7) is 4.09. The van der Waals surface area contributed by atoms with E-state index < -0.39 is 6.04 Å². The Morgan fingerprint density at radius 3 is 2.30 bits per heavy atom. The van der Waals surface area contributed by atoms with E-state index in [9.17, 15) is 4.79 Å². The molecule has 3 rings (SSSR count). The molecule has 138 valence electrons. The van der Waals surface area contributed by atoms with Gasteiger partial charge in [-0.15, -0.1) is 0 Å². The van der Waals surface area contributed by atoms with Crippen LogP contribution in [-0.4, -0.2) is 21.9 Å². The van der Waals surface area contributed by atoms with Crippen molar-refractivity contribution in [1.82, 2.24) is 9.97 Å². The van der Waals surface area contributed by atoms with E-state index in [2.05, 4.69) is 20.6 Å². The monoisotopic (exact) mass is 360 g/mol. The SMILES string of the molecule is CC(C)c1nccc(N[C@H](Cc2ccccc2)C(=O)Nc2ccccc2)n1. The molecule has 0 unspecified atom stereocenters. The Balaban J connectivity index is 1.80. The summed E-state index contributed by atoms with van der Waals surface area (Å²) in [6.07, 6.45) is 2.28. The molecule has 0 aliphatic carbocycles. The fourth-order valence-corrected chi connectivity index (χ4v) is 2.72. The van der Waals surface area contributed by atoms with Crippen molar-refractivity contribution in [3.8, 4) is 0 Å². The fourth-order valence-electron chi connectivity index (χ4n) is 2.72. The summed E-state index contributed by atoms with van der Waals surface area (Å²) in [4.78, 5) is 21.8. The molecule has 0 saturated carbocycles. The second kappa shape index (κ2) is 8.94. The van der Waals surface area contributed by atoms with Crippen LogP contribution in [-0.2, 0) is 11.2 Å². The van der Waals surface area contributed by atoms with Crippen molar-refractivity contribution in [3.63, 3.8) is 0 Å². The number of hydrogen-bond acceptors (Lipinski definition) is 4. The molecule has 3 aromatic rings. The first kappa shape index (κ1) is 18.6. The van der Waals surface area contributed by atoms with E-state index in [-0.39, 0.29) is 11.8 Å². The van der Waals surface area contributed by atoms with Gasteiger partial charge in [0, 0.05) is 24.2 Å². The molecule has 1 aromatic heterocycles. The minimum absolute atomic E-state index is 0.102. The van der Waals surface area contributed by atoms with E-state index in [4.69, 9.17) is 0 Å². The van der Waals surface area contributed by atoms with Crippen LogP contribution >= 0.6 is 0 Å². The average Bonchev–Trinajstić information content (AvgIpc) is 2.69. The highest BCUT2D eigenvalue weighted by molar-refractivity contribution is 5.96. The molecule has 0 fully saturated rings. The van der Waals surface area contributed by atoms with Gasteiger partial charge in [-0.1, -0.05) is 62.4 Å². The standard InChI is InChI=1S/C22H24N4O/c1-16(2)21-23-14-13-20(26-21)25-19(15-17-9-5-3-6-10-17)22(27)24-18-11-7-4-8-12-18/h3-14,16,19H,15H2,1-2H3,(H,24,27)(H,23,25,26)/t19-/m1/s1. The fraction of sp³-hybridized carbons (Fsp3) is 0.227. The maximum absolute atomic E-state index is 12.9. The molecule has 1 atom stereocenters. The van der Waals surface area contributed by atoms with Gasteiger partial charge in [-0.05, 0) is 23.8 Å². The van der Waals surface area contributed by atoms with Gasteiger partial charge in [0.15, 0.2) is 0 Å². The molecule has 0 radical (unpaired) electrons. The lowest BCUT2D eigenvalue weighted by Crippen LogP contribution is -2.37. The van der Waals surface area contributed by atoms with Gasteiger partial charge in [0.2, 0.25) is 5.91 Å². The third kappa shape index (κ3) is 5.38. The normalized spacial score (nSPS) is 11.8. The molecule has 2 N–H and O–H groups in total. The quantitative estimate of drug-likeness (QED) is 0.661. The van der Waals surface area contributed by atoms with Gasteiger partial charge in [-0.3, -0.25) is 4.79 Å². The molecule has 5 nitrogen and oxygen atoms in total. The summed E-state index contributed by atoms with van der Waals surface area (Å²) in [5, 5.41) is 6.25. The Kier molecular flexibility index (Phi) is 6.15. The Labute approximate surface area is 159 Å². The van der Waals surface area contributed by atoms with Gasteiger partial charge in [-0.2, -0.15) is 0 Å². The van der Waals surface area contributed by atoms with E-state index in [0.717, 1.165) is 17.1 Å². The first-order valence-corrected chi connectivity index (χ1v) is 9.11. The Hall–Kier alpha value is -3.21. The molecule has 0 aliphatic rings. The van der Waals surface area contributed by atoms with Gasteiger partial charge in [0.05, 0.1) is 0 Å². The molecule has 0 spiro atoms. The lowest BCUT2D eigenvalue weighted by Gasteiger charge is -2.20. The van der Waals surface area contributed by atoms with Crippen molar-refractivity contribution in [2.75, 3.05) is 10.6 Å². The highest BCUT2D eigenvalue weighted by atomic mass is 16.2. The van der Waals surface area contributed by atoms with Gasteiger partial charge in [0.1, 0.15) is 17.7 Å². The number of para-hydroxylation sites is 1. The molecular weight excluding hydrogens is 336 g/mol. The molecule has 0 bridgehead atoms. The number of amides is 1. The summed E-state index contributed by atoms with van der Waals surface area (Å²) in [6, 6.07) is 20.8. The minimum atomic E-state index is -0.456. The first-order chi connectivity index (χ1) is 13.1. The summed E-state index contributed by atoms with van der Waals surface area (Å²) >= 11 is 0. The number of anilines is 2. The number of nitrogens with one attached hydrogen (secondary N) is 2. The van der Waals surface area contributed by atoms with Crippen LogP contribution in [0.3, 0.4) is 0 Å². The highest BCUT2D eigenvalue weighted by Crippen LogP contribution is 2.15. The molecule has 0 saturated heterocycles. The number of hydrogen-bond donors (Lipinski definition) is 2. The van der Waals surface area contributed by atoms with Gasteiger partial charge in [-0.25, -0.2) is 9.97 Å². The Bertz CT molecular complexity index is 866. The highest BCUT2D eigenvalue weighted by Gasteiger charge is 2.20. The van der Waals surface area contributed by atoms with E-state index in [1.165, 1.54) is 0 Å². The van der Waals surface area contributed by atoms with Crippen LogP contribution in [0.2, 0.25) is 0 Å². The molecule has 1 heterocycles. The zero-order chi connectivity index (χ0) is 19.1.